The van der Waals surface area contributed by atoms with Gasteiger partial charge in [-0.15, -0.1) is 11.3 Å². The normalized spacial score (nSPS) is 10.0. The first kappa shape index (κ1) is 13.7. The molecule has 0 aliphatic carbocycles. The molecule has 7 nitrogen and oxygen atoms in total. The van der Waals surface area contributed by atoms with Gasteiger partial charge in [-0.3, -0.25) is 14.9 Å². The number of hydrogen-bond acceptors (Lipinski definition) is 5. The minimum atomic E-state index is -1.08. The number of carbonyl (C=O) groups excluding carboxylic acids is 1. The SMILES string of the molecule is O=C(Nc1ccc(C(=O)O)s1)c1cccc([N+](=O)[O-])c1. The van der Waals surface area contributed by atoms with Gasteiger partial charge in [0.2, 0.25) is 0 Å². The fraction of sp³-hybridized carbons (Fsp3) is 0. The second kappa shape index (κ2) is 5.49. The Labute approximate surface area is 116 Å². The lowest BCUT2D eigenvalue weighted by molar-refractivity contribution is -0.384. The molecule has 1 aromatic heterocycles. The van der Waals surface area contributed by atoms with Crippen LogP contribution in [0.5, 0.6) is 0 Å². The minimum Gasteiger partial charge on any atom is -0.477 e. The van der Waals surface area contributed by atoms with Crippen molar-refractivity contribution in [2.75, 3.05) is 5.32 Å². The molecule has 1 amide bonds. The number of rotatable bonds is 4. The number of thiophene rings is 1. The van der Waals surface area contributed by atoms with Crippen LogP contribution >= 0.6 is 11.3 Å². The predicted octanol–water partition coefficient (Wildman–Crippen LogP) is 2.61. The summed E-state index contributed by atoms with van der Waals surface area (Å²) in [6.45, 7) is 0. The molecule has 0 aliphatic heterocycles. The van der Waals surface area contributed by atoms with Crippen molar-refractivity contribution in [3.63, 3.8) is 0 Å². The molecule has 0 atom stereocenters. The lowest BCUT2D eigenvalue weighted by Crippen LogP contribution is -2.11. The van der Waals surface area contributed by atoms with Crippen molar-refractivity contribution in [1.82, 2.24) is 0 Å². The summed E-state index contributed by atoms with van der Waals surface area (Å²) < 4.78 is 0. The molecule has 2 rings (SSSR count). The summed E-state index contributed by atoms with van der Waals surface area (Å²) in [6, 6.07) is 8.11. The summed E-state index contributed by atoms with van der Waals surface area (Å²) >= 11 is 0.909. The van der Waals surface area contributed by atoms with Gasteiger partial charge in [0, 0.05) is 17.7 Å². The molecule has 0 bridgehead atoms. The quantitative estimate of drug-likeness (QED) is 0.665. The number of non-ortho nitro benzene ring substituents is 1. The Bertz CT molecular complexity index is 695. The summed E-state index contributed by atoms with van der Waals surface area (Å²) in [7, 11) is 0. The van der Waals surface area contributed by atoms with E-state index in [1.54, 1.807) is 0 Å². The van der Waals surface area contributed by atoms with Crippen LogP contribution in [0.15, 0.2) is 36.4 Å². The molecule has 0 spiro atoms. The van der Waals surface area contributed by atoms with Gasteiger partial charge in [-0.2, -0.15) is 0 Å². The predicted molar refractivity (Wildman–Crippen MR) is 72.3 cm³/mol. The van der Waals surface area contributed by atoms with E-state index in [-0.39, 0.29) is 16.1 Å². The van der Waals surface area contributed by atoms with Gasteiger partial charge in [-0.25, -0.2) is 4.79 Å². The first-order valence-corrected chi connectivity index (χ1v) is 6.18. The van der Waals surface area contributed by atoms with E-state index in [1.807, 2.05) is 0 Å². The highest BCUT2D eigenvalue weighted by atomic mass is 32.1. The molecule has 0 aliphatic rings. The third kappa shape index (κ3) is 2.98. The van der Waals surface area contributed by atoms with Crippen molar-refractivity contribution in [2.24, 2.45) is 0 Å². The van der Waals surface area contributed by atoms with Crippen LogP contribution in [0, 0.1) is 10.1 Å². The molecule has 0 unspecified atom stereocenters. The van der Waals surface area contributed by atoms with Crippen LogP contribution in [0.25, 0.3) is 0 Å². The van der Waals surface area contributed by atoms with Crippen LogP contribution in [0.1, 0.15) is 20.0 Å². The third-order valence-corrected chi connectivity index (χ3v) is 3.36. The lowest BCUT2D eigenvalue weighted by atomic mass is 10.2. The molecule has 2 aromatic rings. The van der Waals surface area contributed by atoms with Crippen molar-refractivity contribution in [3.05, 3.63) is 57.0 Å². The third-order valence-electron chi connectivity index (χ3n) is 2.37. The number of nitrogens with zero attached hydrogens (tertiary/aromatic N) is 1. The maximum atomic E-state index is 11.9. The van der Waals surface area contributed by atoms with Gasteiger partial charge in [0.05, 0.1) is 9.92 Å². The average Bonchev–Trinajstić information content (AvgIpc) is 2.87. The highest BCUT2D eigenvalue weighted by molar-refractivity contribution is 7.18. The van der Waals surface area contributed by atoms with Gasteiger partial charge >= 0.3 is 5.97 Å². The second-order valence-corrected chi connectivity index (χ2v) is 4.81. The number of carboxylic acids is 1. The number of nitro benzene ring substituents is 1. The number of carboxylic acid groups (broad SMARTS) is 1. The standard InChI is InChI=1S/C12H8N2O5S/c15-11(7-2-1-3-8(6-7)14(18)19)13-10-5-4-9(20-10)12(16)17/h1-6H,(H,13,15)(H,16,17). The average molecular weight is 292 g/mol. The van der Waals surface area contributed by atoms with Crippen molar-refractivity contribution < 1.29 is 19.6 Å². The number of anilines is 1. The van der Waals surface area contributed by atoms with E-state index in [0.29, 0.717) is 5.00 Å². The Hall–Kier alpha value is -2.74. The van der Waals surface area contributed by atoms with Gasteiger partial charge in [-0.05, 0) is 18.2 Å². The van der Waals surface area contributed by atoms with E-state index >= 15 is 0 Å². The van der Waals surface area contributed by atoms with Gasteiger partial charge in [0.25, 0.3) is 11.6 Å². The molecular weight excluding hydrogens is 284 g/mol. The summed E-state index contributed by atoms with van der Waals surface area (Å²) in [5.74, 6) is -1.61. The Morgan fingerprint density at radius 3 is 2.60 bits per heavy atom. The van der Waals surface area contributed by atoms with Crippen LogP contribution < -0.4 is 5.32 Å². The number of nitro groups is 1. The molecule has 102 valence electrons. The minimum absolute atomic E-state index is 0.0966. The van der Waals surface area contributed by atoms with Crippen molar-refractivity contribution in [1.29, 1.82) is 0 Å². The molecule has 0 saturated carbocycles. The van der Waals surface area contributed by atoms with E-state index in [9.17, 15) is 19.7 Å². The number of aromatic carboxylic acids is 1. The monoisotopic (exact) mass is 292 g/mol. The number of nitrogens with one attached hydrogen (secondary N) is 1. The van der Waals surface area contributed by atoms with E-state index in [2.05, 4.69) is 5.32 Å². The van der Waals surface area contributed by atoms with Crippen LogP contribution in [-0.2, 0) is 0 Å². The maximum Gasteiger partial charge on any atom is 0.345 e. The zero-order chi connectivity index (χ0) is 14.7. The van der Waals surface area contributed by atoms with Gasteiger partial charge < -0.3 is 10.4 Å². The zero-order valence-corrected chi connectivity index (χ0v) is 10.7. The van der Waals surface area contributed by atoms with Crippen LogP contribution in [-0.4, -0.2) is 21.9 Å². The molecule has 0 fully saturated rings. The Morgan fingerprint density at radius 2 is 2.00 bits per heavy atom. The molecule has 8 heteroatoms. The number of benzene rings is 1. The molecule has 20 heavy (non-hydrogen) atoms. The lowest BCUT2D eigenvalue weighted by Gasteiger charge is -2.02. The van der Waals surface area contributed by atoms with Crippen molar-refractivity contribution in [2.45, 2.75) is 0 Å². The number of amides is 1. The Kier molecular flexibility index (Phi) is 3.76. The second-order valence-electron chi connectivity index (χ2n) is 3.73. The van der Waals surface area contributed by atoms with Crippen LogP contribution in [0.3, 0.4) is 0 Å². The van der Waals surface area contributed by atoms with E-state index < -0.39 is 16.8 Å². The fourth-order valence-corrected chi connectivity index (χ4v) is 2.20. The summed E-state index contributed by atoms with van der Waals surface area (Å²) in [4.78, 5) is 32.7. The summed E-state index contributed by atoms with van der Waals surface area (Å²) in [5.41, 5.74) is -0.0560. The van der Waals surface area contributed by atoms with Crippen molar-refractivity contribution >= 4 is 33.9 Å². The van der Waals surface area contributed by atoms with Gasteiger partial charge in [0.1, 0.15) is 4.88 Å². The zero-order valence-electron chi connectivity index (χ0n) is 9.90. The number of hydrogen-bond donors (Lipinski definition) is 2. The topological polar surface area (TPSA) is 110 Å². The van der Waals surface area contributed by atoms with Crippen LogP contribution in [0.2, 0.25) is 0 Å². The maximum absolute atomic E-state index is 11.9. The number of carbonyl (C=O) groups is 2. The van der Waals surface area contributed by atoms with E-state index in [1.165, 1.54) is 30.3 Å². The Balaban J connectivity index is 2.17. The van der Waals surface area contributed by atoms with Crippen LogP contribution in [0.4, 0.5) is 10.7 Å². The Morgan fingerprint density at radius 1 is 1.25 bits per heavy atom. The largest absolute Gasteiger partial charge is 0.477 e. The van der Waals surface area contributed by atoms with Crippen molar-refractivity contribution in [3.8, 4) is 0 Å². The molecule has 1 heterocycles. The molecule has 1 aromatic carbocycles. The molecule has 0 saturated heterocycles. The fourth-order valence-electron chi connectivity index (χ4n) is 1.46. The molecular formula is C12H8N2O5S. The molecule has 2 N–H and O–H groups in total. The smallest absolute Gasteiger partial charge is 0.345 e. The highest BCUT2D eigenvalue weighted by Crippen LogP contribution is 2.23. The first-order valence-electron chi connectivity index (χ1n) is 5.36. The van der Waals surface area contributed by atoms with E-state index in [0.717, 1.165) is 17.4 Å². The highest BCUT2D eigenvalue weighted by Gasteiger charge is 2.13. The van der Waals surface area contributed by atoms with Gasteiger partial charge in [0.15, 0.2) is 0 Å². The summed E-state index contributed by atoms with van der Waals surface area (Å²) in [5, 5.41) is 22.2. The first-order chi connectivity index (χ1) is 9.47. The van der Waals surface area contributed by atoms with E-state index in [4.69, 9.17) is 5.11 Å². The van der Waals surface area contributed by atoms with Gasteiger partial charge in [-0.1, -0.05) is 6.07 Å². The molecule has 0 radical (unpaired) electrons. The summed E-state index contributed by atoms with van der Waals surface area (Å²) in [6.07, 6.45) is 0.